The molecule has 36 heavy (non-hydrogen) atoms. The summed E-state index contributed by atoms with van der Waals surface area (Å²) in [6.07, 6.45) is 5.08. The second kappa shape index (κ2) is 8.86. The molecule has 6 rings (SSSR count). The van der Waals surface area contributed by atoms with E-state index in [1.54, 1.807) is 30.3 Å². The average Bonchev–Trinajstić information content (AvgIpc) is 3.65. The van der Waals surface area contributed by atoms with Crippen molar-refractivity contribution < 1.29 is 23.9 Å². The van der Waals surface area contributed by atoms with E-state index < -0.39 is 5.97 Å². The van der Waals surface area contributed by atoms with Crippen LogP contribution in [0.2, 0.25) is 0 Å². The van der Waals surface area contributed by atoms with E-state index in [0.29, 0.717) is 16.9 Å². The molecule has 1 saturated carbocycles. The number of rotatable bonds is 6. The maximum absolute atomic E-state index is 13.1. The number of carbonyl (C=O) groups excluding carboxylic acids is 4. The Bertz CT molecular complexity index is 1420. The molecule has 3 amide bonds. The minimum absolute atomic E-state index is 0.100. The number of methoxy groups -OCH3 is 1. The number of anilines is 2. The summed E-state index contributed by atoms with van der Waals surface area (Å²) in [5, 5.41) is 2.80. The van der Waals surface area contributed by atoms with Crippen molar-refractivity contribution in [2.45, 2.75) is 10.8 Å². The fraction of sp³-hybridized carbons (Fsp3) is 0.269. The van der Waals surface area contributed by atoms with Crippen LogP contribution < -0.4 is 10.2 Å². The van der Waals surface area contributed by atoms with Gasteiger partial charge in [0.25, 0.3) is 0 Å². The van der Waals surface area contributed by atoms with Crippen LogP contribution in [0.3, 0.4) is 0 Å². The first kappa shape index (κ1) is 22.9. The largest absolute Gasteiger partial charge is 0.465 e. The monoisotopic (exact) mass is 519 g/mol. The standard InChI is InChI=1S/C26H21N3O5S2/c1-34-25(33)13-4-6-16(7-5-13)27-20(30)12-35-26-28-18-9-8-17(11-19(18)36-26)29-23(31)21-14-2-3-15(10-14)22(21)24(29)32/h2-9,11,14-15,21-22H,10,12H2,1H3,(H,27,30)/t14-,15-,21-,22+/m0/s1. The third-order valence-corrected chi connectivity index (χ3v) is 9.16. The first-order valence-electron chi connectivity index (χ1n) is 11.5. The van der Waals surface area contributed by atoms with Crippen LogP contribution in [0.15, 0.2) is 59.0 Å². The van der Waals surface area contributed by atoms with E-state index in [0.717, 1.165) is 21.0 Å². The van der Waals surface area contributed by atoms with Crippen LogP contribution in [0.5, 0.6) is 0 Å². The number of thiazole rings is 1. The molecular weight excluding hydrogens is 498 g/mol. The van der Waals surface area contributed by atoms with E-state index in [2.05, 4.69) is 27.2 Å². The molecule has 8 nitrogen and oxygen atoms in total. The molecule has 10 heteroatoms. The molecule has 4 atom stereocenters. The molecule has 2 bridgehead atoms. The molecule has 2 fully saturated rings. The highest BCUT2D eigenvalue weighted by Crippen LogP contribution is 2.53. The zero-order chi connectivity index (χ0) is 25.0. The fourth-order valence-corrected chi connectivity index (χ4v) is 7.28. The van der Waals surface area contributed by atoms with Crippen LogP contribution >= 0.6 is 23.1 Å². The van der Waals surface area contributed by atoms with Gasteiger partial charge < -0.3 is 10.1 Å². The van der Waals surface area contributed by atoms with E-state index in [9.17, 15) is 19.2 Å². The van der Waals surface area contributed by atoms with Gasteiger partial charge in [0.05, 0.1) is 46.2 Å². The van der Waals surface area contributed by atoms with Gasteiger partial charge in [-0.3, -0.25) is 14.4 Å². The van der Waals surface area contributed by atoms with E-state index in [4.69, 9.17) is 0 Å². The number of ether oxygens (including phenoxy) is 1. The number of hydrogen-bond donors (Lipinski definition) is 1. The summed E-state index contributed by atoms with van der Waals surface area (Å²) in [6, 6.07) is 11.9. The predicted octanol–water partition coefficient (Wildman–Crippen LogP) is 4.13. The fourth-order valence-electron chi connectivity index (χ4n) is 5.38. The van der Waals surface area contributed by atoms with Crippen molar-refractivity contribution in [1.29, 1.82) is 0 Å². The lowest BCUT2D eigenvalue weighted by Gasteiger charge is -2.17. The van der Waals surface area contributed by atoms with Gasteiger partial charge in [-0.05, 0) is 60.7 Å². The van der Waals surface area contributed by atoms with Crippen LogP contribution in [0.25, 0.3) is 10.2 Å². The van der Waals surface area contributed by atoms with Crippen molar-refractivity contribution >= 4 is 68.4 Å². The lowest BCUT2D eigenvalue weighted by Crippen LogP contribution is -2.32. The van der Waals surface area contributed by atoms with Crippen molar-refractivity contribution in [2.75, 3.05) is 23.1 Å². The van der Waals surface area contributed by atoms with Gasteiger partial charge in [0, 0.05) is 5.69 Å². The van der Waals surface area contributed by atoms with Crippen LogP contribution in [0, 0.1) is 23.7 Å². The molecule has 1 saturated heterocycles. The Morgan fingerprint density at radius 2 is 1.78 bits per heavy atom. The number of imide groups is 1. The molecule has 0 spiro atoms. The number of amides is 3. The molecule has 182 valence electrons. The molecule has 3 aliphatic rings. The number of hydrogen-bond acceptors (Lipinski definition) is 8. The number of carbonyl (C=O) groups is 4. The van der Waals surface area contributed by atoms with Crippen molar-refractivity contribution in [2.24, 2.45) is 23.7 Å². The molecular formula is C26H21N3O5S2. The number of esters is 1. The Morgan fingerprint density at radius 1 is 1.08 bits per heavy atom. The highest BCUT2D eigenvalue weighted by molar-refractivity contribution is 8.01. The van der Waals surface area contributed by atoms with E-state index in [1.807, 2.05) is 12.1 Å². The highest BCUT2D eigenvalue weighted by atomic mass is 32.2. The van der Waals surface area contributed by atoms with Crippen molar-refractivity contribution in [3.05, 3.63) is 60.2 Å². The topological polar surface area (TPSA) is 106 Å². The normalized spacial score (nSPS) is 24.0. The SMILES string of the molecule is COC(=O)c1ccc(NC(=O)CSc2nc3ccc(N4C(=O)[C@@H]5[C@H](C4=O)[C@H]4C=C[C@H]5C4)cc3s2)cc1. The molecule has 0 radical (unpaired) electrons. The molecule has 1 aliphatic heterocycles. The maximum Gasteiger partial charge on any atom is 0.337 e. The molecule has 2 aromatic carbocycles. The third-order valence-electron chi connectivity index (χ3n) is 7.00. The second-order valence-corrected chi connectivity index (χ2v) is 11.3. The summed E-state index contributed by atoms with van der Waals surface area (Å²) in [5.41, 5.74) is 2.32. The van der Waals surface area contributed by atoms with E-state index in [-0.39, 0.29) is 47.1 Å². The summed E-state index contributed by atoms with van der Waals surface area (Å²) in [6.45, 7) is 0. The van der Waals surface area contributed by atoms with Crippen molar-refractivity contribution in [1.82, 2.24) is 4.98 Å². The van der Waals surface area contributed by atoms with E-state index >= 15 is 0 Å². The summed E-state index contributed by atoms with van der Waals surface area (Å²) in [7, 11) is 1.31. The zero-order valence-electron chi connectivity index (χ0n) is 19.2. The third kappa shape index (κ3) is 3.81. The van der Waals surface area contributed by atoms with Crippen LogP contribution in [0.1, 0.15) is 16.8 Å². The van der Waals surface area contributed by atoms with Gasteiger partial charge in [-0.25, -0.2) is 14.7 Å². The summed E-state index contributed by atoms with van der Waals surface area (Å²) >= 11 is 2.73. The summed E-state index contributed by atoms with van der Waals surface area (Å²) < 4.78 is 6.24. The molecule has 3 aromatic rings. The molecule has 0 unspecified atom stereocenters. The van der Waals surface area contributed by atoms with Gasteiger partial charge in [-0.15, -0.1) is 11.3 Å². The van der Waals surface area contributed by atoms with Gasteiger partial charge in [-0.2, -0.15) is 0 Å². The number of aromatic nitrogens is 1. The van der Waals surface area contributed by atoms with Gasteiger partial charge in [0.2, 0.25) is 17.7 Å². The molecule has 2 heterocycles. The lowest BCUT2D eigenvalue weighted by molar-refractivity contribution is -0.123. The van der Waals surface area contributed by atoms with Crippen LogP contribution in [-0.4, -0.2) is 41.5 Å². The zero-order valence-corrected chi connectivity index (χ0v) is 20.8. The van der Waals surface area contributed by atoms with Gasteiger partial charge in [-0.1, -0.05) is 23.9 Å². The van der Waals surface area contributed by atoms with Gasteiger partial charge in [0.1, 0.15) is 0 Å². The minimum atomic E-state index is -0.437. The smallest absolute Gasteiger partial charge is 0.337 e. The first-order valence-corrected chi connectivity index (χ1v) is 13.3. The Morgan fingerprint density at radius 3 is 2.44 bits per heavy atom. The lowest BCUT2D eigenvalue weighted by atomic mass is 9.85. The van der Waals surface area contributed by atoms with Gasteiger partial charge in [0.15, 0.2) is 4.34 Å². The number of allylic oxidation sites excluding steroid dienone is 2. The Balaban J connectivity index is 1.12. The number of benzene rings is 2. The summed E-state index contributed by atoms with van der Waals surface area (Å²) in [5.74, 6) is -0.790. The number of thioether (sulfide) groups is 1. The second-order valence-electron chi connectivity index (χ2n) is 9.05. The average molecular weight is 520 g/mol. The Kier molecular flexibility index (Phi) is 5.65. The van der Waals surface area contributed by atoms with Crippen molar-refractivity contribution in [3.63, 3.8) is 0 Å². The maximum atomic E-state index is 13.1. The quantitative estimate of drug-likeness (QED) is 0.226. The number of nitrogens with zero attached hydrogens (tertiary/aromatic N) is 2. The molecule has 1 aromatic heterocycles. The molecule has 1 N–H and O–H groups in total. The van der Waals surface area contributed by atoms with Crippen molar-refractivity contribution in [3.8, 4) is 0 Å². The van der Waals surface area contributed by atoms with Crippen LogP contribution in [0.4, 0.5) is 11.4 Å². The summed E-state index contributed by atoms with van der Waals surface area (Å²) in [4.78, 5) is 56.1. The minimum Gasteiger partial charge on any atom is -0.465 e. The highest BCUT2D eigenvalue weighted by Gasteiger charge is 2.59. The molecule has 2 aliphatic carbocycles. The predicted molar refractivity (Wildman–Crippen MR) is 137 cm³/mol. The Labute approximate surface area is 214 Å². The van der Waals surface area contributed by atoms with Crippen LogP contribution in [-0.2, 0) is 19.1 Å². The van der Waals surface area contributed by atoms with Gasteiger partial charge >= 0.3 is 5.97 Å². The Hall–Kier alpha value is -3.50. The first-order chi connectivity index (χ1) is 17.4. The van der Waals surface area contributed by atoms with E-state index in [1.165, 1.54) is 35.1 Å². The number of fused-ring (bicyclic) bond motifs is 6. The number of nitrogens with one attached hydrogen (secondary N) is 1.